The van der Waals surface area contributed by atoms with Gasteiger partial charge in [0.1, 0.15) is 4.21 Å². The van der Waals surface area contributed by atoms with E-state index >= 15 is 0 Å². The van der Waals surface area contributed by atoms with Gasteiger partial charge < -0.3 is 9.32 Å². The van der Waals surface area contributed by atoms with Crippen LogP contribution in [0.15, 0.2) is 26.1 Å². The molecule has 2 aromatic rings. The second-order valence-electron chi connectivity index (χ2n) is 4.75. The quantitative estimate of drug-likeness (QED) is 0.810. The second kappa shape index (κ2) is 5.78. The monoisotopic (exact) mass is 342 g/mol. The molecule has 0 atom stereocenters. The van der Waals surface area contributed by atoms with Crippen LogP contribution < -0.4 is 0 Å². The van der Waals surface area contributed by atoms with Gasteiger partial charge in [-0.15, -0.1) is 21.5 Å². The molecule has 1 saturated heterocycles. The molecule has 3 heterocycles. The van der Waals surface area contributed by atoms with E-state index in [0.717, 1.165) is 0 Å². The van der Waals surface area contributed by atoms with E-state index in [1.807, 2.05) is 0 Å². The Morgan fingerprint density at radius 1 is 1.27 bits per heavy atom. The number of nitrogens with zero attached hydrogens (tertiary/aromatic N) is 4. The van der Waals surface area contributed by atoms with E-state index in [1.54, 1.807) is 24.4 Å². The minimum Gasteiger partial charge on any atom is -0.417 e. The number of thiophene rings is 1. The van der Waals surface area contributed by atoms with Gasteiger partial charge in [-0.3, -0.25) is 4.79 Å². The number of amides is 1. The number of aryl methyl sites for hydroxylation is 1. The number of piperazine rings is 1. The molecule has 2 aromatic heterocycles. The molecule has 0 unspecified atom stereocenters. The second-order valence-corrected chi connectivity index (χ2v) is 7.87. The smallest absolute Gasteiger partial charge is 0.311 e. The van der Waals surface area contributed by atoms with Crippen LogP contribution in [0.5, 0.6) is 0 Å². The van der Waals surface area contributed by atoms with Crippen LogP contribution in [0.3, 0.4) is 0 Å². The molecule has 1 fully saturated rings. The number of rotatable bonds is 3. The molecule has 0 N–H and O–H groups in total. The fourth-order valence-corrected chi connectivity index (χ4v) is 4.75. The third-order valence-electron chi connectivity index (χ3n) is 3.32. The molecule has 1 aliphatic heterocycles. The minimum absolute atomic E-state index is 0.0629. The average Bonchev–Trinajstić information content (AvgIpc) is 3.18. The van der Waals surface area contributed by atoms with Crippen molar-refractivity contribution < 1.29 is 17.6 Å². The highest BCUT2D eigenvalue weighted by Crippen LogP contribution is 2.22. The molecule has 3 rings (SSSR count). The van der Waals surface area contributed by atoms with Gasteiger partial charge >= 0.3 is 11.8 Å². The topological polar surface area (TPSA) is 96.6 Å². The van der Waals surface area contributed by atoms with Gasteiger partial charge in [-0.25, -0.2) is 8.42 Å². The highest BCUT2D eigenvalue weighted by Gasteiger charge is 2.32. The van der Waals surface area contributed by atoms with Crippen LogP contribution in [0.2, 0.25) is 0 Å². The first-order chi connectivity index (χ1) is 10.5. The van der Waals surface area contributed by atoms with E-state index < -0.39 is 10.0 Å². The number of hydrogen-bond acceptors (Lipinski definition) is 7. The van der Waals surface area contributed by atoms with Gasteiger partial charge in [-0.2, -0.15) is 4.31 Å². The Balaban J connectivity index is 1.67. The molecule has 0 radical (unpaired) electrons. The van der Waals surface area contributed by atoms with Crippen molar-refractivity contribution in [3.63, 3.8) is 0 Å². The standard InChI is InChI=1S/C12H14N4O4S2/c1-9-13-14-11(20-9)12(17)15-4-6-16(7-5-15)22(18,19)10-3-2-8-21-10/h2-3,8H,4-7H2,1H3. The van der Waals surface area contributed by atoms with Gasteiger partial charge in [-0.1, -0.05) is 6.07 Å². The van der Waals surface area contributed by atoms with E-state index in [1.165, 1.54) is 20.5 Å². The number of carbonyl (C=O) groups excluding carboxylic acids is 1. The molecule has 0 aliphatic carbocycles. The molecule has 22 heavy (non-hydrogen) atoms. The first kappa shape index (κ1) is 15.1. The highest BCUT2D eigenvalue weighted by molar-refractivity contribution is 7.91. The minimum atomic E-state index is -3.47. The van der Waals surface area contributed by atoms with Crippen LogP contribution in [0, 0.1) is 6.92 Å². The van der Waals surface area contributed by atoms with E-state index in [-0.39, 0.29) is 24.9 Å². The Morgan fingerprint density at radius 3 is 2.55 bits per heavy atom. The van der Waals surface area contributed by atoms with Gasteiger partial charge in [0.15, 0.2) is 0 Å². The molecule has 10 heteroatoms. The van der Waals surface area contributed by atoms with E-state index in [4.69, 9.17) is 4.42 Å². The lowest BCUT2D eigenvalue weighted by Gasteiger charge is -2.32. The first-order valence-electron chi connectivity index (χ1n) is 6.61. The molecule has 1 amide bonds. The lowest BCUT2D eigenvalue weighted by atomic mass is 10.3. The largest absolute Gasteiger partial charge is 0.417 e. The number of carbonyl (C=O) groups is 1. The summed E-state index contributed by atoms with van der Waals surface area (Å²) in [4.78, 5) is 13.7. The molecule has 0 bridgehead atoms. The van der Waals surface area contributed by atoms with Gasteiger partial charge in [0, 0.05) is 33.1 Å². The molecular weight excluding hydrogens is 328 g/mol. The third kappa shape index (κ3) is 2.76. The average molecular weight is 342 g/mol. The summed E-state index contributed by atoms with van der Waals surface area (Å²) >= 11 is 1.19. The van der Waals surface area contributed by atoms with Gasteiger partial charge in [0.05, 0.1) is 0 Å². The molecule has 1 aliphatic rings. The van der Waals surface area contributed by atoms with Crippen molar-refractivity contribution in [2.75, 3.05) is 26.2 Å². The normalized spacial score (nSPS) is 16.9. The van der Waals surface area contributed by atoms with E-state index in [0.29, 0.717) is 23.2 Å². The molecular formula is C12H14N4O4S2. The van der Waals surface area contributed by atoms with Crippen molar-refractivity contribution in [3.8, 4) is 0 Å². The van der Waals surface area contributed by atoms with Crippen LogP contribution in [0.1, 0.15) is 16.6 Å². The summed E-state index contributed by atoms with van der Waals surface area (Å²) < 4.78 is 31.6. The summed E-state index contributed by atoms with van der Waals surface area (Å²) in [6, 6.07) is 3.29. The molecule has 118 valence electrons. The summed E-state index contributed by atoms with van der Waals surface area (Å²) in [7, 11) is -3.47. The highest BCUT2D eigenvalue weighted by atomic mass is 32.2. The van der Waals surface area contributed by atoms with Crippen LogP contribution in [0.25, 0.3) is 0 Å². The van der Waals surface area contributed by atoms with Gasteiger partial charge in [-0.05, 0) is 11.4 Å². The maximum absolute atomic E-state index is 12.4. The zero-order valence-corrected chi connectivity index (χ0v) is 13.4. The zero-order chi connectivity index (χ0) is 15.7. The third-order valence-corrected chi connectivity index (χ3v) is 6.60. The Labute approximate surface area is 131 Å². The van der Waals surface area contributed by atoms with E-state index in [2.05, 4.69) is 10.2 Å². The van der Waals surface area contributed by atoms with Crippen molar-refractivity contribution >= 4 is 27.3 Å². The van der Waals surface area contributed by atoms with Crippen LogP contribution >= 0.6 is 11.3 Å². The number of sulfonamides is 1. The molecule has 0 spiro atoms. The molecule has 0 saturated carbocycles. The number of hydrogen-bond donors (Lipinski definition) is 0. The summed E-state index contributed by atoms with van der Waals surface area (Å²) in [5.74, 6) is -0.108. The van der Waals surface area contributed by atoms with Gasteiger partial charge in [0.2, 0.25) is 5.89 Å². The predicted molar refractivity (Wildman–Crippen MR) is 78.0 cm³/mol. The SMILES string of the molecule is Cc1nnc(C(=O)N2CCN(S(=O)(=O)c3cccs3)CC2)o1. The summed E-state index contributed by atoms with van der Waals surface area (Å²) in [6.45, 7) is 2.70. The molecule has 0 aromatic carbocycles. The lowest BCUT2D eigenvalue weighted by molar-refractivity contribution is 0.0656. The first-order valence-corrected chi connectivity index (χ1v) is 8.93. The van der Waals surface area contributed by atoms with Crippen LogP contribution in [-0.4, -0.2) is 59.9 Å². The summed E-state index contributed by atoms with van der Waals surface area (Å²) in [5, 5.41) is 9.04. The maximum atomic E-state index is 12.4. The Morgan fingerprint density at radius 2 is 2.00 bits per heavy atom. The molecule has 8 nitrogen and oxygen atoms in total. The van der Waals surface area contributed by atoms with Crippen molar-refractivity contribution in [1.29, 1.82) is 0 Å². The van der Waals surface area contributed by atoms with Gasteiger partial charge in [0.25, 0.3) is 10.0 Å². The van der Waals surface area contributed by atoms with E-state index in [9.17, 15) is 13.2 Å². The number of aromatic nitrogens is 2. The van der Waals surface area contributed by atoms with Crippen molar-refractivity contribution in [3.05, 3.63) is 29.3 Å². The fourth-order valence-electron chi connectivity index (χ4n) is 2.19. The van der Waals surface area contributed by atoms with Crippen molar-refractivity contribution in [1.82, 2.24) is 19.4 Å². The fraction of sp³-hybridized carbons (Fsp3) is 0.417. The predicted octanol–water partition coefficient (Wildman–Crippen LogP) is 0.586. The summed E-state index contributed by atoms with van der Waals surface area (Å²) in [5.41, 5.74) is 0. The Bertz CT molecular complexity index is 761. The Hall–Kier alpha value is -1.78. The maximum Gasteiger partial charge on any atom is 0.311 e. The zero-order valence-electron chi connectivity index (χ0n) is 11.8. The lowest BCUT2D eigenvalue weighted by Crippen LogP contribution is -2.50. The van der Waals surface area contributed by atoms with Crippen LogP contribution in [-0.2, 0) is 10.0 Å². The summed E-state index contributed by atoms with van der Waals surface area (Å²) in [6.07, 6.45) is 0. The van der Waals surface area contributed by atoms with Crippen molar-refractivity contribution in [2.45, 2.75) is 11.1 Å². The van der Waals surface area contributed by atoms with Crippen LogP contribution in [0.4, 0.5) is 0 Å². The van der Waals surface area contributed by atoms with Crippen molar-refractivity contribution in [2.24, 2.45) is 0 Å². The Kier molecular flexibility index (Phi) is 3.98.